The maximum atomic E-state index is 6.54. The summed E-state index contributed by atoms with van der Waals surface area (Å²) in [5, 5.41) is 6.19. The summed E-state index contributed by atoms with van der Waals surface area (Å²) in [7, 11) is 0. The molecule has 3 nitrogen and oxygen atoms in total. The number of nitrogens with two attached hydrogens (primary N) is 1. The van der Waals surface area contributed by atoms with Gasteiger partial charge in [0, 0.05) is 34.3 Å². The van der Waals surface area contributed by atoms with Crippen molar-refractivity contribution < 1.29 is 0 Å². The Balaban J connectivity index is 1.63. The molecule has 2 atom stereocenters. The third-order valence-corrected chi connectivity index (χ3v) is 7.54. The number of nitrogens with zero attached hydrogens (tertiary/aromatic N) is 1. The fraction of sp³-hybridized carbons (Fsp3) is 0.450. The second kappa shape index (κ2) is 8.26. The predicted molar refractivity (Wildman–Crippen MR) is 115 cm³/mol. The monoisotopic (exact) mass is 405 g/mol. The van der Waals surface area contributed by atoms with Crippen LogP contribution in [0.3, 0.4) is 0 Å². The van der Waals surface area contributed by atoms with Crippen molar-refractivity contribution in [1.29, 1.82) is 0 Å². The first-order valence-corrected chi connectivity index (χ1v) is 11.4. The quantitative estimate of drug-likeness (QED) is 0.494. The van der Waals surface area contributed by atoms with Crippen LogP contribution in [-0.2, 0) is 6.54 Å². The molecule has 0 aliphatic heterocycles. The maximum Gasteiger partial charge on any atom is 0.131 e. The third-order valence-electron chi connectivity index (χ3n) is 5.18. The van der Waals surface area contributed by atoms with Crippen LogP contribution in [0.4, 0.5) is 5.69 Å². The number of nitrogens with one attached hydrogen (secondary N) is 1. The van der Waals surface area contributed by atoms with E-state index in [2.05, 4.69) is 33.9 Å². The Labute approximate surface area is 167 Å². The van der Waals surface area contributed by atoms with E-state index in [4.69, 9.17) is 17.3 Å². The minimum Gasteiger partial charge on any atom is -0.379 e. The van der Waals surface area contributed by atoms with Crippen LogP contribution in [0, 0.1) is 0 Å². The Hall–Kier alpha value is -1.14. The average Bonchev–Trinajstić information content (AvgIpc) is 3.25. The van der Waals surface area contributed by atoms with Crippen LogP contribution >= 0.6 is 34.3 Å². The van der Waals surface area contributed by atoms with Crippen molar-refractivity contribution in [3.63, 3.8) is 0 Å². The van der Waals surface area contributed by atoms with E-state index >= 15 is 0 Å². The van der Waals surface area contributed by atoms with Crippen LogP contribution < -0.4 is 11.1 Å². The van der Waals surface area contributed by atoms with Crippen LogP contribution in [0.25, 0.3) is 10.2 Å². The van der Waals surface area contributed by atoms with E-state index in [1.54, 1.807) is 11.3 Å². The highest BCUT2D eigenvalue weighted by Crippen LogP contribution is 2.40. The largest absolute Gasteiger partial charge is 0.379 e. The number of aromatic nitrogens is 1. The van der Waals surface area contributed by atoms with Crippen LogP contribution in [0.5, 0.6) is 0 Å². The molecule has 1 aliphatic rings. The van der Waals surface area contributed by atoms with E-state index < -0.39 is 0 Å². The summed E-state index contributed by atoms with van der Waals surface area (Å²) < 4.78 is 1.19. The molecule has 1 aliphatic carbocycles. The molecule has 0 aromatic carbocycles. The zero-order valence-corrected chi connectivity index (χ0v) is 17.1. The third kappa shape index (κ3) is 4.06. The summed E-state index contributed by atoms with van der Waals surface area (Å²) in [5.41, 5.74) is 8.60. The molecule has 0 spiro atoms. The van der Waals surface area contributed by atoms with Gasteiger partial charge in [-0.2, -0.15) is 0 Å². The number of anilines is 1. The molecule has 26 heavy (non-hydrogen) atoms. The normalized spacial score (nSPS) is 21.5. The smallest absolute Gasteiger partial charge is 0.131 e. The number of hydrogen-bond donors (Lipinski definition) is 2. The zero-order chi connectivity index (χ0) is 17.9. The Bertz CT molecular complexity index is 859. The topological polar surface area (TPSA) is 50.9 Å². The summed E-state index contributed by atoms with van der Waals surface area (Å²) in [6.45, 7) is 0.809. The second-order valence-corrected chi connectivity index (χ2v) is 9.55. The van der Waals surface area contributed by atoms with Gasteiger partial charge in [-0.3, -0.25) is 0 Å². The highest BCUT2D eigenvalue weighted by molar-refractivity contribution is 7.19. The predicted octanol–water partition coefficient (Wildman–Crippen LogP) is 6.39. The minimum atomic E-state index is 0.251. The Kier molecular flexibility index (Phi) is 5.79. The number of pyridine rings is 1. The molecule has 3 heterocycles. The molecule has 0 unspecified atom stereocenters. The maximum absolute atomic E-state index is 6.54. The van der Waals surface area contributed by atoms with Gasteiger partial charge in [-0.05, 0) is 30.4 Å². The van der Waals surface area contributed by atoms with E-state index in [1.807, 2.05) is 17.4 Å². The summed E-state index contributed by atoms with van der Waals surface area (Å²) in [6.07, 6.45) is 7.47. The van der Waals surface area contributed by atoms with Crippen molar-refractivity contribution >= 4 is 50.2 Å². The molecule has 3 aromatic rings. The lowest BCUT2D eigenvalue weighted by atomic mass is 9.86. The lowest BCUT2D eigenvalue weighted by Crippen LogP contribution is -2.28. The molecular formula is C20H24ClN3S2. The zero-order valence-electron chi connectivity index (χ0n) is 14.7. The van der Waals surface area contributed by atoms with E-state index in [9.17, 15) is 0 Å². The van der Waals surface area contributed by atoms with Gasteiger partial charge in [0.25, 0.3) is 0 Å². The van der Waals surface area contributed by atoms with Crippen molar-refractivity contribution in [3.8, 4) is 0 Å². The molecular weight excluding hydrogens is 382 g/mol. The minimum absolute atomic E-state index is 0.251. The fourth-order valence-electron chi connectivity index (χ4n) is 3.78. The van der Waals surface area contributed by atoms with Crippen molar-refractivity contribution in [3.05, 3.63) is 44.6 Å². The summed E-state index contributed by atoms with van der Waals surface area (Å²) in [5.74, 6) is 0.443. The first-order chi connectivity index (χ1) is 12.7. The van der Waals surface area contributed by atoms with E-state index in [-0.39, 0.29) is 6.04 Å². The first kappa shape index (κ1) is 18.2. The van der Waals surface area contributed by atoms with Crippen molar-refractivity contribution in [2.24, 2.45) is 5.73 Å². The summed E-state index contributed by atoms with van der Waals surface area (Å²) in [4.78, 5) is 7.24. The van der Waals surface area contributed by atoms with E-state index in [0.717, 1.165) is 24.2 Å². The van der Waals surface area contributed by atoms with Gasteiger partial charge in [-0.25, -0.2) is 4.98 Å². The first-order valence-electron chi connectivity index (χ1n) is 9.32. The summed E-state index contributed by atoms with van der Waals surface area (Å²) >= 11 is 9.88. The van der Waals surface area contributed by atoms with Crippen molar-refractivity contribution in [2.75, 3.05) is 5.32 Å². The van der Waals surface area contributed by atoms with Crippen LogP contribution in [-0.4, -0.2) is 11.0 Å². The molecule has 4 rings (SSSR count). The van der Waals surface area contributed by atoms with Crippen LogP contribution in [0.15, 0.2) is 29.6 Å². The lowest BCUT2D eigenvalue weighted by Gasteiger charge is -2.25. The number of fused-ring (bicyclic) bond motifs is 1. The SMILES string of the molecule is N[C@@H]1CCCCCC[C@H]1c1cc2nc(Cl)cc(NCc3cccs3)c2s1. The van der Waals surface area contributed by atoms with Gasteiger partial charge in [-0.1, -0.05) is 43.4 Å². The Morgan fingerprint density at radius 2 is 2.04 bits per heavy atom. The van der Waals surface area contributed by atoms with E-state index in [0.29, 0.717) is 11.1 Å². The van der Waals surface area contributed by atoms with Gasteiger partial charge in [0.2, 0.25) is 0 Å². The van der Waals surface area contributed by atoms with Gasteiger partial charge in [-0.15, -0.1) is 22.7 Å². The Morgan fingerprint density at radius 3 is 2.85 bits per heavy atom. The lowest BCUT2D eigenvalue weighted by molar-refractivity contribution is 0.408. The van der Waals surface area contributed by atoms with Crippen molar-refractivity contribution in [1.82, 2.24) is 4.98 Å². The number of halogens is 1. The van der Waals surface area contributed by atoms with Crippen LogP contribution in [0.1, 0.15) is 54.2 Å². The van der Waals surface area contributed by atoms with Crippen LogP contribution in [0.2, 0.25) is 5.15 Å². The van der Waals surface area contributed by atoms with Crippen molar-refractivity contribution in [2.45, 2.75) is 57.0 Å². The summed E-state index contributed by atoms with van der Waals surface area (Å²) in [6, 6.07) is 8.63. The average molecular weight is 406 g/mol. The van der Waals surface area contributed by atoms with Gasteiger partial charge in [0.05, 0.1) is 15.9 Å². The Morgan fingerprint density at radius 1 is 1.19 bits per heavy atom. The number of hydrogen-bond acceptors (Lipinski definition) is 5. The number of thiophene rings is 2. The second-order valence-electron chi connectivity index (χ2n) is 7.05. The molecule has 6 heteroatoms. The standard InChI is InChI=1S/C20H24ClN3S2/c21-19-11-16(23-12-13-6-5-9-25-13)20-17(24-19)10-18(26-20)14-7-3-1-2-4-8-15(14)22/h5-6,9-11,14-15H,1-4,7-8,12,22H2,(H,23,24)/t14-,15-/m1/s1. The highest BCUT2D eigenvalue weighted by Gasteiger charge is 2.24. The van der Waals surface area contributed by atoms with Gasteiger partial charge in [0.1, 0.15) is 5.15 Å². The molecule has 0 bridgehead atoms. The molecule has 3 aromatic heterocycles. The molecule has 3 N–H and O–H groups in total. The molecule has 0 amide bonds. The van der Waals surface area contributed by atoms with Gasteiger partial charge >= 0.3 is 0 Å². The van der Waals surface area contributed by atoms with Gasteiger partial charge in [0.15, 0.2) is 0 Å². The highest BCUT2D eigenvalue weighted by atomic mass is 35.5. The molecule has 0 radical (unpaired) electrons. The molecule has 0 saturated heterocycles. The fourth-order valence-corrected chi connectivity index (χ4v) is 5.93. The molecule has 138 valence electrons. The molecule has 1 saturated carbocycles. The van der Waals surface area contributed by atoms with E-state index in [1.165, 1.54) is 46.6 Å². The number of rotatable bonds is 4. The molecule has 1 fully saturated rings. The van der Waals surface area contributed by atoms with Gasteiger partial charge < -0.3 is 11.1 Å².